The van der Waals surface area contributed by atoms with Crippen LogP contribution in [0.2, 0.25) is 0 Å². The first-order valence-corrected chi connectivity index (χ1v) is 7.26. The Labute approximate surface area is 125 Å². The number of halogens is 2. The second kappa shape index (κ2) is 6.81. The van der Waals surface area contributed by atoms with Crippen molar-refractivity contribution < 1.29 is 8.78 Å². The molecule has 2 aromatic carbocycles. The predicted octanol–water partition coefficient (Wildman–Crippen LogP) is 4.47. The largest absolute Gasteiger partial charge is 0.310 e. The molecule has 0 spiro atoms. The minimum absolute atomic E-state index is 0.0214. The number of rotatable bonds is 5. The van der Waals surface area contributed by atoms with Crippen molar-refractivity contribution in [2.24, 2.45) is 0 Å². The van der Waals surface area contributed by atoms with E-state index >= 15 is 0 Å². The van der Waals surface area contributed by atoms with Crippen LogP contribution in [0.3, 0.4) is 0 Å². The van der Waals surface area contributed by atoms with Gasteiger partial charge in [0.05, 0.1) is 0 Å². The SMILES string of the molecule is CCNC(Cc1cccc(F)c1F)c1ccc(C)cc1C. The van der Waals surface area contributed by atoms with Crippen LogP contribution >= 0.6 is 0 Å². The summed E-state index contributed by atoms with van der Waals surface area (Å²) in [5.74, 6) is -1.53. The van der Waals surface area contributed by atoms with Crippen LogP contribution in [-0.4, -0.2) is 6.54 Å². The fourth-order valence-electron chi connectivity index (χ4n) is 2.68. The van der Waals surface area contributed by atoms with E-state index in [-0.39, 0.29) is 6.04 Å². The minimum atomic E-state index is -0.789. The standard InChI is InChI=1S/C18H21F2N/c1-4-21-17(15-9-8-12(2)10-13(15)3)11-14-6-5-7-16(19)18(14)20/h5-10,17,21H,4,11H2,1-3H3. The summed E-state index contributed by atoms with van der Waals surface area (Å²) in [5, 5.41) is 3.37. The highest BCUT2D eigenvalue weighted by atomic mass is 19.2. The van der Waals surface area contributed by atoms with Crippen molar-refractivity contribution in [3.05, 3.63) is 70.3 Å². The Morgan fingerprint density at radius 3 is 2.52 bits per heavy atom. The summed E-state index contributed by atoms with van der Waals surface area (Å²) in [7, 11) is 0. The maximum atomic E-state index is 13.9. The van der Waals surface area contributed by atoms with Crippen LogP contribution in [0.15, 0.2) is 36.4 Å². The van der Waals surface area contributed by atoms with Gasteiger partial charge < -0.3 is 5.32 Å². The smallest absolute Gasteiger partial charge is 0.162 e. The fraction of sp³-hybridized carbons (Fsp3) is 0.333. The van der Waals surface area contributed by atoms with E-state index in [1.807, 2.05) is 13.8 Å². The first-order chi connectivity index (χ1) is 10.0. The third kappa shape index (κ3) is 3.67. The molecule has 0 aliphatic heterocycles. The van der Waals surface area contributed by atoms with E-state index in [9.17, 15) is 8.78 Å². The number of likely N-dealkylation sites (N-methyl/N-ethyl adjacent to an activating group) is 1. The van der Waals surface area contributed by atoms with Gasteiger partial charge in [0.1, 0.15) is 0 Å². The van der Waals surface area contributed by atoms with Crippen molar-refractivity contribution >= 4 is 0 Å². The lowest BCUT2D eigenvalue weighted by Crippen LogP contribution is -2.24. The molecule has 3 heteroatoms. The lowest BCUT2D eigenvalue weighted by molar-refractivity contribution is 0.480. The topological polar surface area (TPSA) is 12.0 Å². The van der Waals surface area contributed by atoms with Gasteiger partial charge in [-0.25, -0.2) is 8.78 Å². The zero-order valence-electron chi connectivity index (χ0n) is 12.7. The Balaban J connectivity index is 2.33. The number of benzene rings is 2. The molecule has 0 aliphatic carbocycles. The van der Waals surface area contributed by atoms with Gasteiger partial charge in [-0.3, -0.25) is 0 Å². The molecule has 1 unspecified atom stereocenters. The summed E-state index contributed by atoms with van der Waals surface area (Å²) < 4.78 is 27.2. The highest BCUT2D eigenvalue weighted by Crippen LogP contribution is 2.24. The summed E-state index contributed by atoms with van der Waals surface area (Å²) in [6.45, 7) is 6.88. The van der Waals surface area contributed by atoms with E-state index in [0.717, 1.165) is 23.7 Å². The zero-order valence-corrected chi connectivity index (χ0v) is 12.7. The Kier molecular flexibility index (Phi) is 5.07. The first kappa shape index (κ1) is 15.6. The molecule has 0 aliphatic rings. The molecule has 0 fully saturated rings. The Morgan fingerprint density at radius 1 is 1.10 bits per heavy atom. The molecule has 21 heavy (non-hydrogen) atoms. The van der Waals surface area contributed by atoms with Crippen molar-refractivity contribution in [1.29, 1.82) is 0 Å². The summed E-state index contributed by atoms with van der Waals surface area (Å²) in [6, 6.07) is 10.6. The van der Waals surface area contributed by atoms with Crippen LogP contribution in [0.1, 0.15) is 35.2 Å². The van der Waals surface area contributed by atoms with Gasteiger partial charge in [0.25, 0.3) is 0 Å². The van der Waals surface area contributed by atoms with Gasteiger partial charge in [-0.1, -0.05) is 42.8 Å². The molecule has 0 radical (unpaired) electrons. The van der Waals surface area contributed by atoms with Gasteiger partial charge in [-0.2, -0.15) is 0 Å². The highest BCUT2D eigenvalue weighted by molar-refractivity contribution is 5.34. The highest BCUT2D eigenvalue weighted by Gasteiger charge is 2.17. The molecule has 1 atom stereocenters. The van der Waals surface area contributed by atoms with Crippen LogP contribution in [0.4, 0.5) is 8.78 Å². The van der Waals surface area contributed by atoms with Crippen molar-refractivity contribution in [2.75, 3.05) is 6.54 Å². The molecule has 2 aromatic rings. The molecule has 1 nitrogen and oxygen atoms in total. The van der Waals surface area contributed by atoms with Crippen LogP contribution in [0.25, 0.3) is 0 Å². The van der Waals surface area contributed by atoms with E-state index in [4.69, 9.17) is 0 Å². The third-order valence-corrected chi connectivity index (χ3v) is 3.71. The summed E-state index contributed by atoms with van der Waals surface area (Å²) in [4.78, 5) is 0. The summed E-state index contributed by atoms with van der Waals surface area (Å²) in [6.07, 6.45) is 0.432. The molecular formula is C18H21F2N. The Hall–Kier alpha value is -1.74. The van der Waals surface area contributed by atoms with Crippen molar-refractivity contribution in [3.63, 3.8) is 0 Å². The Bertz CT molecular complexity index is 623. The first-order valence-electron chi connectivity index (χ1n) is 7.26. The van der Waals surface area contributed by atoms with E-state index in [0.29, 0.717) is 12.0 Å². The van der Waals surface area contributed by atoms with Gasteiger partial charge in [0, 0.05) is 6.04 Å². The molecule has 1 N–H and O–H groups in total. The number of hydrogen-bond donors (Lipinski definition) is 1. The number of aryl methyl sites for hydroxylation is 2. The second-order valence-electron chi connectivity index (χ2n) is 5.39. The van der Waals surface area contributed by atoms with Crippen LogP contribution in [0, 0.1) is 25.5 Å². The summed E-state index contributed by atoms with van der Waals surface area (Å²) >= 11 is 0. The van der Waals surface area contributed by atoms with Crippen LogP contribution in [0.5, 0.6) is 0 Å². The predicted molar refractivity (Wildman–Crippen MR) is 82.4 cm³/mol. The average Bonchev–Trinajstić information content (AvgIpc) is 2.43. The van der Waals surface area contributed by atoms with Gasteiger partial charge >= 0.3 is 0 Å². The number of hydrogen-bond acceptors (Lipinski definition) is 1. The maximum absolute atomic E-state index is 13.9. The quantitative estimate of drug-likeness (QED) is 0.856. The lowest BCUT2D eigenvalue weighted by atomic mass is 9.94. The lowest BCUT2D eigenvalue weighted by Gasteiger charge is -2.21. The Morgan fingerprint density at radius 2 is 1.86 bits per heavy atom. The van der Waals surface area contributed by atoms with Gasteiger partial charge in [-0.05, 0) is 49.6 Å². The minimum Gasteiger partial charge on any atom is -0.310 e. The molecule has 112 valence electrons. The zero-order chi connectivity index (χ0) is 15.4. The van der Waals surface area contributed by atoms with E-state index < -0.39 is 11.6 Å². The third-order valence-electron chi connectivity index (χ3n) is 3.71. The normalized spacial score (nSPS) is 12.4. The van der Waals surface area contributed by atoms with Gasteiger partial charge in [0.15, 0.2) is 11.6 Å². The van der Waals surface area contributed by atoms with Crippen LogP contribution < -0.4 is 5.32 Å². The molecule has 0 amide bonds. The van der Waals surface area contributed by atoms with Gasteiger partial charge in [-0.15, -0.1) is 0 Å². The second-order valence-corrected chi connectivity index (χ2v) is 5.39. The van der Waals surface area contributed by atoms with Crippen molar-refractivity contribution in [1.82, 2.24) is 5.32 Å². The average molecular weight is 289 g/mol. The van der Waals surface area contributed by atoms with E-state index in [1.54, 1.807) is 12.1 Å². The van der Waals surface area contributed by atoms with Gasteiger partial charge in [0.2, 0.25) is 0 Å². The van der Waals surface area contributed by atoms with Crippen LogP contribution in [-0.2, 0) is 6.42 Å². The fourth-order valence-corrected chi connectivity index (χ4v) is 2.68. The van der Waals surface area contributed by atoms with E-state index in [1.165, 1.54) is 5.56 Å². The maximum Gasteiger partial charge on any atom is 0.162 e. The molecule has 0 aromatic heterocycles. The molecular weight excluding hydrogens is 268 g/mol. The number of nitrogens with one attached hydrogen (secondary N) is 1. The van der Waals surface area contributed by atoms with Crippen molar-refractivity contribution in [3.8, 4) is 0 Å². The van der Waals surface area contributed by atoms with Crippen molar-refractivity contribution in [2.45, 2.75) is 33.2 Å². The summed E-state index contributed by atoms with van der Waals surface area (Å²) in [5.41, 5.74) is 3.90. The molecule has 0 heterocycles. The molecule has 0 saturated carbocycles. The monoisotopic (exact) mass is 289 g/mol. The molecule has 0 bridgehead atoms. The molecule has 0 saturated heterocycles. The van der Waals surface area contributed by atoms with E-state index in [2.05, 4.69) is 30.4 Å². The molecule has 2 rings (SSSR count).